The fourth-order valence-corrected chi connectivity index (χ4v) is 6.22. The van der Waals surface area contributed by atoms with Crippen molar-refractivity contribution >= 4 is 15.9 Å². The maximum absolute atomic E-state index is 13.5. The van der Waals surface area contributed by atoms with Gasteiger partial charge in [0.05, 0.1) is 11.0 Å². The van der Waals surface area contributed by atoms with Crippen molar-refractivity contribution in [1.82, 2.24) is 14.2 Å². The number of amides is 1. The van der Waals surface area contributed by atoms with E-state index in [4.69, 9.17) is 4.74 Å². The molecule has 2 aliphatic heterocycles. The van der Waals surface area contributed by atoms with Crippen LogP contribution in [0.15, 0.2) is 53.7 Å². The summed E-state index contributed by atoms with van der Waals surface area (Å²) in [4.78, 5) is 19.9. The van der Waals surface area contributed by atoms with E-state index < -0.39 is 10.0 Å². The van der Waals surface area contributed by atoms with Gasteiger partial charge in [0.1, 0.15) is 0 Å². The highest BCUT2D eigenvalue weighted by molar-refractivity contribution is 7.89. The molecule has 2 fully saturated rings. The minimum absolute atomic E-state index is 0.0647. The first-order chi connectivity index (χ1) is 16.3. The highest BCUT2D eigenvalue weighted by Crippen LogP contribution is 2.27. The van der Waals surface area contributed by atoms with E-state index in [2.05, 4.69) is 18.8 Å². The second-order valence-corrected chi connectivity index (χ2v) is 11.6. The number of ether oxygens (including phenoxy) is 1. The number of rotatable bonds is 8. The summed E-state index contributed by atoms with van der Waals surface area (Å²) in [6.07, 6.45) is 6.61. The quantitative estimate of drug-likeness (QED) is 0.568. The molecule has 2 aromatic rings. The molecule has 7 nitrogen and oxygen atoms in total. The molecule has 0 saturated carbocycles. The minimum Gasteiger partial charge on any atom is -0.376 e. The lowest BCUT2D eigenvalue weighted by molar-refractivity contribution is -0.139. The van der Waals surface area contributed by atoms with Crippen molar-refractivity contribution in [1.29, 1.82) is 0 Å². The second kappa shape index (κ2) is 11.0. The summed E-state index contributed by atoms with van der Waals surface area (Å²) in [7, 11) is -3.56. The number of benzene rings is 1. The lowest BCUT2D eigenvalue weighted by Crippen LogP contribution is -2.45. The van der Waals surface area contributed by atoms with E-state index in [-0.39, 0.29) is 17.9 Å². The van der Waals surface area contributed by atoms with Crippen LogP contribution in [0.2, 0.25) is 0 Å². The molecule has 2 aliphatic rings. The zero-order valence-electron chi connectivity index (χ0n) is 20.1. The molecule has 0 spiro atoms. The van der Waals surface area contributed by atoms with E-state index in [1.165, 1.54) is 4.31 Å². The molecular weight excluding hydrogens is 450 g/mol. The van der Waals surface area contributed by atoms with Crippen LogP contribution in [0.5, 0.6) is 0 Å². The zero-order chi connectivity index (χ0) is 24.1. The smallest absolute Gasteiger partial charge is 0.243 e. The van der Waals surface area contributed by atoms with E-state index in [1.54, 1.807) is 24.5 Å². The summed E-state index contributed by atoms with van der Waals surface area (Å²) >= 11 is 0. The van der Waals surface area contributed by atoms with Crippen molar-refractivity contribution < 1.29 is 17.9 Å². The molecule has 2 saturated heterocycles. The van der Waals surface area contributed by atoms with Crippen LogP contribution in [-0.4, -0.2) is 60.9 Å². The van der Waals surface area contributed by atoms with Gasteiger partial charge in [0, 0.05) is 51.1 Å². The maximum Gasteiger partial charge on any atom is 0.243 e. The summed E-state index contributed by atoms with van der Waals surface area (Å²) in [5, 5.41) is 0. The Hall–Kier alpha value is -2.29. The van der Waals surface area contributed by atoms with Gasteiger partial charge in [-0.3, -0.25) is 9.78 Å². The van der Waals surface area contributed by atoms with Gasteiger partial charge in [0.25, 0.3) is 0 Å². The van der Waals surface area contributed by atoms with Crippen LogP contribution < -0.4 is 0 Å². The van der Waals surface area contributed by atoms with Crippen molar-refractivity contribution in [3.05, 3.63) is 59.9 Å². The van der Waals surface area contributed by atoms with E-state index in [1.807, 2.05) is 29.2 Å². The standard InChI is InChI=1S/C26H35N3O4S/c1-20(2)22-7-9-25(10-8-22)34(31,32)29-14-11-23(12-15-29)26(30)28(19-24-6-4-16-33-24)18-21-5-3-13-27-17-21/h3,5,7-10,13,17,20,23-24H,4,6,11-12,14-16,18-19H2,1-2H3. The molecule has 184 valence electrons. The Kier molecular flexibility index (Phi) is 8.01. The largest absolute Gasteiger partial charge is 0.376 e. The number of carbonyl (C=O) groups is 1. The topological polar surface area (TPSA) is 79.8 Å². The Morgan fingerprint density at radius 3 is 2.47 bits per heavy atom. The average molecular weight is 486 g/mol. The van der Waals surface area contributed by atoms with Gasteiger partial charge in [-0.25, -0.2) is 8.42 Å². The Labute approximate surface area is 203 Å². The SMILES string of the molecule is CC(C)c1ccc(S(=O)(=O)N2CCC(C(=O)N(Cc3cccnc3)CC3CCCO3)CC2)cc1. The van der Waals surface area contributed by atoms with Crippen LogP contribution in [0.4, 0.5) is 0 Å². The molecule has 8 heteroatoms. The zero-order valence-corrected chi connectivity index (χ0v) is 20.9. The first-order valence-corrected chi connectivity index (χ1v) is 13.7. The average Bonchev–Trinajstić information content (AvgIpc) is 3.37. The number of hydrogen-bond acceptors (Lipinski definition) is 5. The number of nitrogens with zero attached hydrogens (tertiary/aromatic N) is 3. The number of aromatic nitrogens is 1. The van der Waals surface area contributed by atoms with Crippen molar-refractivity contribution in [2.45, 2.75) is 63.0 Å². The fraction of sp³-hybridized carbons (Fsp3) is 0.538. The highest BCUT2D eigenvalue weighted by atomic mass is 32.2. The van der Waals surface area contributed by atoms with Gasteiger partial charge in [-0.2, -0.15) is 4.31 Å². The van der Waals surface area contributed by atoms with Crippen LogP contribution in [-0.2, 0) is 26.1 Å². The summed E-state index contributed by atoms with van der Waals surface area (Å²) in [6, 6.07) is 11.0. The molecule has 34 heavy (non-hydrogen) atoms. The molecule has 1 amide bonds. The maximum atomic E-state index is 13.5. The molecule has 0 radical (unpaired) electrons. The fourth-order valence-electron chi connectivity index (χ4n) is 4.75. The number of carbonyl (C=O) groups excluding carboxylic acids is 1. The van der Waals surface area contributed by atoms with Gasteiger partial charge in [0.15, 0.2) is 0 Å². The number of hydrogen-bond donors (Lipinski definition) is 0. The van der Waals surface area contributed by atoms with Crippen LogP contribution in [0.1, 0.15) is 56.6 Å². The molecule has 1 atom stereocenters. The predicted molar refractivity (Wildman–Crippen MR) is 131 cm³/mol. The lowest BCUT2D eigenvalue weighted by Gasteiger charge is -2.34. The molecule has 0 aliphatic carbocycles. The third kappa shape index (κ3) is 5.85. The third-order valence-electron chi connectivity index (χ3n) is 6.84. The van der Waals surface area contributed by atoms with Crippen LogP contribution in [0, 0.1) is 5.92 Å². The lowest BCUT2D eigenvalue weighted by atomic mass is 9.96. The van der Waals surface area contributed by atoms with E-state index in [0.717, 1.165) is 30.6 Å². The molecular formula is C26H35N3O4S. The first-order valence-electron chi connectivity index (χ1n) is 12.2. The summed E-state index contributed by atoms with van der Waals surface area (Å²) < 4.78 is 33.6. The monoisotopic (exact) mass is 485 g/mol. The van der Waals surface area contributed by atoms with Crippen molar-refractivity contribution in [2.75, 3.05) is 26.2 Å². The molecule has 1 aromatic carbocycles. The number of sulfonamides is 1. The molecule has 1 aromatic heterocycles. The number of piperidine rings is 1. The van der Waals surface area contributed by atoms with Crippen LogP contribution in [0.3, 0.4) is 0 Å². The van der Waals surface area contributed by atoms with E-state index in [9.17, 15) is 13.2 Å². The van der Waals surface area contributed by atoms with Crippen LogP contribution >= 0.6 is 0 Å². The molecule has 4 rings (SSSR count). The normalized spacial score (nSPS) is 20.0. The minimum atomic E-state index is -3.56. The van der Waals surface area contributed by atoms with Crippen molar-refractivity contribution in [3.8, 4) is 0 Å². The highest BCUT2D eigenvalue weighted by Gasteiger charge is 2.35. The van der Waals surface area contributed by atoms with Crippen LogP contribution in [0.25, 0.3) is 0 Å². The molecule has 1 unspecified atom stereocenters. The Morgan fingerprint density at radius 2 is 1.88 bits per heavy atom. The van der Waals surface area contributed by atoms with Gasteiger partial charge in [0.2, 0.25) is 15.9 Å². The van der Waals surface area contributed by atoms with Crippen molar-refractivity contribution in [3.63, 3.8) is 0 Å². The number of pyridine rings is 1. The Balaban J connectivity index is 1.41. The van der Waals surface area contributed by atoms with Gasteiger partial charge in [-0.05, 0) is 60.9 Å². The molecule has 0 bridgehead atoms. The van der Waals surface area contributed by atoms with Crippen molar-refractivity contribution in [2.24, 2.45) is 5.92 Å². The molecule has 0 N–H and O–H groups in total. The summed E-state index contributed by atoms with van der Waals surface area (Å²) in [5.41, 5.74) is 2.10. The van der Waals surface area contributed by atoms with Gasteiger partial charge < -0.3 is 9.64 Å². The summed E-state index contributed by atoms with van der Waals surface area (Å²) in [5.74, 6) is 0.244. The summed E-state index contributed by atoms with van der Waals surface area (Å²) in [6.45, 7) is 6.68. The van der Waals surface area contributed by atoms with Gasteiger partial charge >= 0.3 is 0 Å². The van der Waals surface area contributed by atoms with Gasteiger partial charge in [-0.1, -0.05) is 32.0 Å². The Bertz CT molecular complexity index is 1040. The molecule has 3 heterocycles. The Morgan fingerprint density at radius 1 is 1.15 bits per heavy atom. The van der Waals surface area contributed by atoms with Gasteiger partial charge in [-0.15, -0.1) is 0 Å². The van der Waals surface area contributed by atoms with E-state index >= 15 is 0 Å². The second-order valence-electron chi connectivity index (χ2n) is 9.62. The predicted octanol–water partition coefficient (Wildman–Crippen LogP) is 3.81. The van der Waals surface area contributed by atoms with E-state index in [0.29, 0.717) is 49.8 Å². The third-order valence-corrected chi connectivity index (χ3v) is 8.76. The first kappa shape index (κ1) is 24.8.